The Morgan fingerprint density at radius 2 is 2.44 bits per heavy atom. The number of rotatable bonds is 5. The lowest BCUT2D eigenvalue weighted by Gasteiger charge is -2.11. The molecule has 0 spiro atoms. The third kappa shape index (κ3) is 2.69. The van der Waals surface area contributed by atoms with E-state index in [0.29, 0.717) is 19.1 Å². The number of nitrogen functional groups attached to an aromatic ring is 1. The van der Waals surface area contributed by atoms with Gasteiger partial charge in [-0.25, -0.2) is 0 Å². The average molecular weight is 253 g/mol. The molecule has 1 aliphatic rings. The van der Waals surface area contributed by atoms with Crippen molar-refractivity contribution in [3.8, 4) is 5.75 Å². The average Bonchev–Trinajstić information content (AvgIpc) is 2.88. The lowest BCUT2D eigenvalue weighted by atomic mass is 10.1. The van der Waals surface area contributed by atoms with Gasteiger partial charge in [-0.1, -0.05) is 6.07 Å². The molecule has 0 aromatic heterocycles. The summed E-state index contributed by atoms with van der Waals surface area (Å²) in [6.07, 6.45) is 0.919. The Morgan fingerprint density at radius 3 is 3.06 bits per heavy atom. The molecule has 3 N–H and O–H groups in total. The third-order valence-electron chi connectivity index (χ3n) is 2.84. The van der Waals surface area contributed by atoms with E-state index in [-0.39, 0.29) is 17.1 Å². The second kappa shape index (κ2) is 5.65. The van der Waals surface area contributed by atoms with E-state index in [1.165, 1.54) is 6.07 Å². The normalized spacial score (nSPS) is 18.6. The summed E-state index contributed by atoms with van der Waals surface area (Å²) in [7, 11) is 0. The van der Waals surface area contributed by atoms with Gasteiger partial charge in [-0.15, -0.1) is 0 Å². The summed E-state index contributed by atoms with van der Waals surface area (Å²) in [4.78, 5) is 10.5. The molecule has 7 heteroatoms. The zero-order valence-electron chi connectivity index (χ0n) is 9.80. The molecule has 2 rings (SSSR count). The molecular formula is C11H15N3O4. The number of hydrogen-bond acceptors (Lipinski definition) is 6. The van der Waals surface area contributed by atoms with Gasteiger partial charge in [0, 0.05) is 12.5 Å². The van der Waals surface area contributed by atoms with Crippen LogP contribution in [0.3, 0.4) is 0 Å². The molecular weight excluding hydrogens is 238 g/mol. The number of nitro benzene ring substituents is 1. The highest BCUT2D eigenvalue weighted by atomic mass is 16.6. The fourth-order valence-electron chi connectivity index (χ4n) is 1.87. The van der Waals surface area contributed by atoms with Crippen LogP contribution in [0, 0.1) is 16.0 Å². The van der Waals surface area contributed by atoms with Crippen LogP contribution in [0.15, 0.2) is 18.2 Å². The maximum atomic E-state index is 11.0. The number of para-hydroxylation sites is 1. The van der Waals surface area contributed by atoms with Crippen molar-refractivity contribution in [3.05, 3.63) is 28.3 Å². The third-order valence-corrected chi connectivity index (χ3v) is 2.84. The Labute approximate surface area is 104 Å². The molecule has 0 bridgehead atoms. The van der Waals surface area contributed by atoms with Crippen LogP contribution >= 0.6 is 0 Å². The number of anilines is 1. The van der Waals surface area contributed by atoms with Crippen LogP contribution in [0.2, 0.25) is 0 Å². The predicted octanol–water partition coefficient (Wildman–Crippen LogP) is 1.30. The summed E-state index contributed by atoms with van der Waals surface area (Å²) >= 11 is 0. The molecule has 1 aliphatic heterocycles. The van der Waals surface area contributed by atoms with Crippen molar-refractivity contribution in [3.63, 3.8) is 0 Å². The van der Waals surface area contributed by atoms with Crippen LogP contribution in [-0.2, 0) is 4.74 Å². The van der Waals surface area contributed by atoms with Crippen LogP contribution in [-0.4, -0.2) is 24.7 Å². The molecule has 1 aromatic carbocycles. The maximum absolute atomic E-state index is 11.0. The second-order valence-electron chi connectivity index (χ2n) is 4.09. The summed E-state index contributed by atoms with van der Waals surface area (Å²) in [5, 5.41) is 11.0. The molecule has 1 fully saturated rings. The maximum Gasteiger partial charge on any atom is 0.335 e. The van der Waals surface area contributed by atoms with Gasteiger partial charge >= 0.3 is 5.69 Å². The van der Waals surface area contributed by atoms with Gasteiger partial charge < -0.3 is 14.9 Å². The largest absolute Gasteiger partial charge is 0.486 e. The van der Waals surface area contributed by atoms with E-state index in [1.807, 2.05) is 0 Å². The van der Waals surface area contributed by atoms with E-state index in [4.69, 9.17) is 15.3 Å². The van der Waals surface area contributed by atoms with E-state index in [2.05, 4.69) is 5.43 Å². The first-order valence-electron chi connectivity index (χ1n) is 5.67. The van der Waals surface area contributed by atoms with Gasteiger partial charge in [0.1, 0.15) is 5.69 Å². The van der Waals surface area contributed by atoms with Gasteiger partial charge in [-0.2, -0.15) is 0 Å². The topological polar surface area (TPSA) is 99.7 Å². The lowest BCUT2D eigenvalue weighted by molar-refractivity contribution is -0.385. The molecule has 7 nitrogen and oxygen atoms in total. The molecule has 0 radical (unpaired) electrons. The van der Waals surface area contributed by atoms with Crippen molar-refractivity contribution in [2.45, 2.75) is 6.42 Å². The minimum atomic E-state index is -0.504. The molecule has 0 aliphatic carbocycles. The van der Waals surface area contributed by atoms with Crippen LogP contribution in [0.4, 0.5) is 11.4 Å². The van der Waals surface area contributed by atoms with Crippen molar-refractivity contribution >= 4 is 11.4 Å². The Hall–Kier alpha value is -1.86. The number of ether oxygens (including phenoxy) is 2. The summed E-state index contributed by atoms with van der Waals surface area (Å²) in [5.41, 5.74) is 2.40. The molecule has 0 saturated carbocycles. The van der Waals surface area contributed by atoms with Gasteiger partial charge in [0.15, 0.2) is 5.75 Å². The summed E-state index contributed by atoms with van der Waals surface area (Å²) in [6.45, 7) is 1.78. The fourth-order valence-corrected chi connectivity index (χ4v) is 1.87. The van der Waals surface area contributed by atoms with E-state index in [9.17, 15) is 10.1 Å². The monoisotopic (exact) mass is 253 g/mol. The zero-order valence-corrected chi connectivity index (χ0v) is 9.80. The number of nitrogens with two attached hydrogens (primary N) is 1. The first-order valence-corrected chi connectivity index (χ1v) is 5.67. The minimum absolute atomic E-state index is 0.140. The SMILES string of the molecule is NNc1cccc(OCC2CCOC2)c1[N+](=O)[O-]. The van der Waals surface area contributed by atoms with Crippen LogP contribution in [0.5, 0.6) is 5.75 Å². The van der Waals surface area contributed by atoms with Crippen LogP contribution in [0.1, 0.15) is 6.42 Å². The molecule has 18 heavy (non-hydrogen) atoms. The van der Waals surface area contributed by atoms with Crippen molar-refractivity contribution in [2.24, 2.45) is 11.8 Å². The highest BCUT2D eigenvalue weighted by molar-refractivity contribution is 5.67. The van der Waals surface area contributed by atoms with Gasteiger partial charge in [0.2, 0.25) is 0 Å². The fraction of sp³-hybridized carbons (Fsp3) is 0.455. The molecule has 1 heterocycles. The van der Waals surface area contributed by atoms with Gasteiger partial charge in [-0.05, 0) is 18.6 Å². The molecule has 1 aromatic rings. The molecule has 98 valence electrons. The first kappa shape index (κ1) is 12.6. The Kier molecular flexibility index (Phi) is 3.96. The van der Waals surface area contributed by atoms with Crippen molar-refractivity contribution in [1.29, 1.82) is 0 Å². The van der Waals surface area contributed by atoms with Crippen molar-refractivity contribution in [2.75, 3.05) is 25.2 Å². The summed E-state index contributed by atoms with van der Waals surface area (Å²) in [6, 6.07) is 4.75. The van der Waals surface area contributed by atoms with E-state index < -0.39 is 4.92 Å². The Balaban J connectivity index is 2.13. The quantitative estimate of drug-likeness (QED) is 0.466. The van der Waals surface area contributed by atoms with Crippen LogP contribution < -0.4 is 16.0 Å². The first-order chi connectivity index (χ1) is 8.72. The number of nitro groups is 1. The number of benzene rings is 1. The smallest absolute Gasteiger partial charge is 0.335 e. The van der Waals surface area contributed by atoms with Crippen LogP contribution in [0.25, 0.3) is 0 Å². The van der Waals surface area contributed by atoms with Crippen molar-refractivity contribution in [1.82, 2.24) is 0 Å². The van der Waals surface area contributed by atoms with Gasteiger partial charge in [0.05, 0.1) is 18.1 Å². The van der Waals surface area contributed by atoms with Gasteiger partial charge in [0.25, 0.3) is 0 Å². The van der Waals surface area contributed by atoms with Gasteiger partial charge in [-0.3, -0.25) is 16.0 Å². The summed E-state index contributed by atoms with van der Waals surface area (Å²) in [5.74, 6) is 5.76. The number of nitrogens with zero attached hydrogens (tertiary/aromatic N) is 1. The predicted molar refractivity (Wildman–Crippen MR) is 65.3 cm³/mol. The number of hydrazine groups is 1. The highest BCUT2D eigenvalue weighted by Gasteiger charge is 2.22. The van der Waals surface area contributed by atoms with E-state index in [1.54, 1.807) is 12.1 Å². The Bertz CT molecular complexity index is 432. The molecule has 0 amide bonds. The van der Waals surface area contributed by atoms with E-state index >= 15 is 0 Å². The highest BCUT2D eigenvalue weighted by Crippen LogP contribution is 2.34. The lowest BCUT2D eigenvalue weighted by Crippen LogP contribution is -2.14. The molecule has 1 saturated heterocycles. The molecule has 1 unspecified atom stereocenters. The molecule has 1 atom stereocenters. The number of nitrogens with one attached hydrogen (secondary N) is 1. The standard InChI is InChI=1S/C11H15N3O4/c12-13-9-2-1-3-10(11(9)14(15)16)18-7-8-4-5-17-6-8/h1-3,8,13H,4-7,12H2. The van der Waals surface area contributed by atoms with E-state index in [0.717, 1.165) is 13.0 Å². The zero-order chi connectivity index (χ0) is 13.0. The Morgan fingerprint density at radius 1 is 1.61 bits per heavy atom. The minimum Gasteiger partial charge on any atom is -0.486 e. The second-order valence-corrected chi connectivity index (χ2v) is 4.09. The van der Waals surface area contributed by atoms with Crippen molar-refractivity contribution < 1.29 is 14.4 Å². The number of hydrogen-bond donors (Lipinski definition) is 2. The summed E-state index contributed by atoms with van der Waals surface area (Å²) < 4.78 is 10.7.